The van der Waals surface area contributed by atoms with Crippen molar-refractivity contribution in [2.45, 2.75) is 19.2 Å². The van der Waals surface area contributed by atoms with Gasteiger partial charge >= 0.3 is 6.18 Å². The van der Waals surface area contributed by atoms with Crippen LogP contribution in [0.25, 0.3) is 0 Å². The van der Waals surface area contributed by atoms with Gasteiger partial charge in [0.2, 0.25) is 0 Å². The Morgan fingerprint density at radius 1 is 1.47 bits per heavy atom. The van der Waals surface area contributed by atoms with E-state index in [2.05, 4.69) is 0 Å². The van der Waals surface area contributed by atoms with Crippen molar-refractivity contribution in [3.63, 3.8) is 0 Å². The minimum Gasteiger partial charge on any atom is -0.481 e. The summed E-state index contributed by atoms with van der Waals surface area (Å²) >= 11 is 0. The van der Waals surface area contributed by atoms with Gasteiger partial charge in [0.25, 0.3) is 5.91 Å². The fourth-order valence-electron chi connectivity index (χ4n) is 1.12. The molecule has 1 aromatic rings. The van der Waals surface area contributed by atoms with E-state index < -0.39 is 23.8 Å². The Hall–Kier alpha value is -1.76. The third kappa shape index (κ3) is 3.63. The van der Waals surface area contributed by atoms with Crippen LogP contribution in [-0.4, -0.2) is 12.0 Å². The van der Waals surface area contributed by atoms with Crippen molar-refractivity contribution in [2.75, 3.05) is 0 Å². The number of amides is 1. The smallest absolute Gasteiger partial charge is 0.416 e. The van der Waals surface area contributed by atoms with E-state index >= 15 is 0 Å². The highest BCUT2D eigenvalue weighted by Crippen LogP contribution is 2.31. The van der Waals surface area contributed by atoms with Gasteiger partial charge in [-0.15, -0.1) is 0 Å². The maximum atomic E-state index is 12.4. The number of benzene rings is 1. The summed E-state index contributed by atoms with van der Waals surface area (Å²) in [4.78, 5) is 11.0. The van der Waals surface area contributed by atoms with Crippen LogP contribution in [0.1, 0.15) is 12.5 Å². The zero-order chi connectivity index (χ0) is 13.1. The van der Waals surface area contributed by atoms with E-state index in [1.165, 1.54) is 19.1 Å². The van der Waals surface area contributed by atoms with Crippen LogP contribution < -0.4 is 16.0 Å². The average molecular weight is 248 g/mol. The Kier molecular flexibility index (Phi) is 3.95. The molecule has 1 rings (SSSR count). The molecule has 1 atom stereocenters. The van der Waals surface area contributed by atoms with E-state index in [4.69, 9.17) is 10.6 Å². The van der Waals surface area contributed by atoms with E-state index in [9.17, 15) is 18.0 Å². The van der Waals surface area contributed by atoms with Crippen LogP contribution in [0.3, 0.4) is 0 Å². The molecule has 94 valence electrons. The van der Waals surface area contributed by atoms with Gasteiger partial charge < -0.3 is 4.74 Å². The predicted octanol–water partition coefficient (Wildman–Crippen LogP) is 1.46. The Morgan fingerprint density at radius 3 is 2.65 bits per heavy atom. The van der Waals surface area contributed by atoms with Gasteiger partial charge in [-0.3, -0.25) is 10.2 Å². The number of nitrogens with one attached hydrogen (secondary N) is 1. The van der Waals surface area contributed by atoms with Crippen molar-refractivity contribution in [1.29, 1.82) is 0 Å². The molecular weight excluding hydrogens is 237 g/mol. The van der Waals surface area contributed by atoms with Crippen molar-refractivity contribution in [2.24, 2.45) is 5.84 Å². The molecule has 1 amide bonds. The van der Waals surface area contributed by atoms with Gasteiger partial charge in [0.05, 0.1) is 5.56 Å². The first kappa shape index (κ1) is 13.3. The molecular formula is C10H11F3N2O2. The Bertz CT molecular complexity index is 407. The Balaban J connectivity index is 2.83. The van der Waals surface area contributed by atoms with Crippen LogP contribution in [0.5, 0.6) is 5.75 Å². The molecule has 0 aromatic heterocycles. The van der Waals surface area contributed by atoms with E-state index in [-0.39, 0.29) is 5.75 Å². The Labute approximate surface area is 95.5 Å². The molecule has 0 heterocycles. The molecule has 0 aliphatic carbocycles. The second-order valence-electron chi connectivity index (χ2n) is 3.29. The average Bonchev–Trinajstić information content (AvgIpc) is 2.27. The second-order valence-corrected chi connectivity index (χ2v) is 3.29. The molecule has 0 bridgehead atoms. The molecule has 0 spiro atoms. The molecule has 0 saturated heterocycles. The normalized spacial score (nSPS) is 13.0. The molecule has 7 heteroatoms. The molecule has 1 aromatic carbocycles. The zero-order valence-corrected chi connectivity index (χ0v) is 8.91. The summed E-state index contributed by atoms with van der Waals surface area (Å²) in [5.41, 5.74) is 1.01. The van der Waals surface area contributed by atoms with Gasteiger partial charge in [-0.25, -0.2) is 5.84 Å². The van der Waals surface area contributed by atoms with Crippen molar-refractivity contribution in [3.8, 4) is 5.75 Å². The number of hydrogen-bond acceptors (Lipinski definition) is 3. The maximum Gasteiger partial charge on any atom is 0.416 e. The van der Waals surface area contributed by atoms with E-state index in [1.54, 1.807) is 0 Å². The van der Waals surface area contributed by atoms with Gasteiger partial charge in [0, 0.05) is 0 Å². The van der Waals surface area contributed by atoms with Crippen molar-refractivity contribution in [3.05, 3.63) is 29.8 Å². The van der Waals surface area contributed by atoms with E-state index in [0.717, 1.165) is 12.1 Å². The van der Waals surface area contributed by atoms with Crippen LogP contribution in [0.4, 0.5) is 13.2 Å². The Morgan fingerprint density at radius 2 is 2.12 bits per heavy atom. The first-order chi connectivity index (χ1) is 7.84. The SMILES string of the molecule is CC(Oc1cccc(C(F)(F)F)c1)C(=O)NN. The molecule has 4 nitrogen and oxygen atoms in total. The maximum absolute atomic E-state index is 12.4. The summed E-state index contributed by atoms with van der Waals surface area (Å²) in [7, 11) is 0. The number of hydrazine groups is 1. The molecule has 0 fully saturated rings. The third-order valence-corrected chi connectivity index (χ3v) is 1.99. The van der Waals surface area contributed by atoms with Gasteiger partial charge in [-0.2, -0.15) is 13.2 Å². The number of halogens is 3. The topological polar surface area (TPSA) is 64.3 Å². The lowest BCUT2D eigenvalue weighted by Crippen LogP contribution is -2.40. The lowest BCUT2D eigenvalue weighted by molar-refractivity contribution is -0.137. The number of rotatable bonds is 3. The third-order valence-electron chi connectivity index (χ3n) is 1.99. The predicted molar refractivity (Wildman–Crippen MR) is 53.9 cm³/mol. The first-order valence-electron chi connectivity index (χ1n) is 4.69. The number of carbonyl (C=O) groups excluding carboxylic acids is 1. The fraction of sp³-hybridized carbons (Fsp3) is 0.300. The number of nitrogens with two attached hydrogens (primary N) is 1. The van der Waals surface area contributed by atoms with Gasteiger partial charge in [0.1, 0.15) is 5.75 Å². The lowest BCUT2D eigenvalue weighted by Gasteiger charge is -2.14. The molecule has 0 saturated carbocycles. The van der Waals surface area contributed by atoms with Gasteiger partial charge in [-0.05, 0) is 25.1 Å². The van der Waals surface area contributed by atoms with Crippen LogP contribution in [-0.2, 0) is 11.0 Å². The first-order valence-corrected chi connectivity index (χ1v) is 4.69. The molecule has 17 heavy (non-hydrogen) atoms. The lowest BCUT2D eigenvalue weighted by atomic mass is 10.2. The van der Waals surface area contributed by atoms with Gasteiger partial charge in [0.15, 0.2) is 6.10 Å². The zero-order valence-electron chi connectivity index (χ0n) is 8.91. The molecule has 0 radical (unpaired) electrons. The van der Waals surface area contributed by atoms with Crippen molar-refractivity contribution in [1.82, 2.24) is 5.43 Å². The molecule has 0 aliphatic rings. The molecule has 0 aliphatic heterocycles. The van der Waals surface area contributed by atoms with E-state index in [0.29, 0.717) is 0 Å². The summed E-state index contributed by atoms with van der Waals surface area (Å²) in [5, 5.41) is 0. The van der Waals surface area contributed by atoms with Crippen LogP contribution in [0, 0.1) is 0 Å². The minimum atomic E-state index is -4.45. The highest BCUT2D eigenvalue weighted by atomic mass is 19.4. The largest absolute Gasteiger partial charge is 0.481 e. The van der Waals surface area contributed by atoms with Crippen molar-refractivity contribution < 1.29 is 22.7 Å². The van der Waals surface area contributed by atoms with Gasteiger partial charge in [-0.1, -0.05) is 6.07 Å². The van der Waals surface area contributed by atoms with Crippen molar-refractivity contribution >= 4 is 5.91 Å². The number of ether oxygens (including phenoxy) is 1. The number of carbonyl (C=O) groups is 1. The summed E-state index contributed by atoms with van der Waals surface area (Å²) in [6.45, 7) is 1.38. The number of hydrogen-bond donors (Lipinski definition) is 2. The molecule has 1 unspecified atom stereocenters. The standard InChI is InChI=1S/C10H11F3N2O2/c1-6(9(16)15-14)17-8-4-2-3-7(5-8)10(11,12)13/h2-6H,14H2,1H3,(H,15,16). The number of alkyl halides is 3. The molecule has 3 N–H and O–H groups in total. The summed E-state index contributed by atoms with van der Waals surface area (Å²) in [6, 6.07) is 4.27. The van der Waals surface area contributed by atoms with Crippen LogP contribution >= 0.6 is 0 Å². The second kappa shape index (κ2) is 5.05. The highest BCUT2D eigenvalue weighted by molar-refractivity contribution is 5.80. The monoisotopic (exact) mass is 248 g/mol. The summed E-state index contributed by atoms with van der Waals surface area (Å²) < 4.78 is 42.1. The minimum absolute atomic E-state index is 0.0454. The van der Waals surface area contributed by atoms with E-state index in [1.807, 2.05) is 5.43 Å². The fourth-order valence-corrected chi connectivity index (χ4v) is 1.12. The quantitative estimate of drug-likeness (QED) is 0.483. The van der Waals surface area contributed by atoms with Crippen LogP contribution in [0.2, 0.25) is 0 Å². The highest BCUT2D eigenvalue weighted by Gasteiger charge is 2.30. The summed E-state index contributed by atoms with van der Waals surface area (Å²) in [5.74, 6) is 4.20. The summed E-state index contributed by atoms with van der Waals surface area (Å²) in [6.07, 6.45) is -5.41. The van der Waals surface area contributed by atoms with Crippen LogP contribution in [0.15, 0.2) is 24.3 Å².